The van der Waals surface area contributed by atoms with Crippen LogP contribution in [-0.2, 0) is 6.54 Å². The van der Waals surface area contributed by atoms with Crippen LogP contribution in [0.1, 0.15) is 16.2 Å². The molecule has 7 nitrogen and oxygen atoms in total. The molecular formula is C18H16ClN5O2. The van der Waals surface area contributed by atoms with E-state index >= 15 is 0 Å². The van der Waals surface area contributed by atoms with Crippen LogP contribution in [0.2, 0.25) is 5.02 Å². The minimum absolute atomic E-state index is 0.195. The van der Waals surface area contributed by atoms with Crippen molar-refractivity contribution in [3.05, 3.63) is 71.4 Å². The van der Waals surface area contributed by atoms with E-state index in [9.17, 15) is 4.79 Å². The van der Waals surface area contributed by atoms with E-state index in [1.54, 1.807) is 24.4 Å². The van der Waals surface area contributed by atoms with Gasteiger partial charge in [0, 0.05) is 11.9 Å². The molecule has 0 fully saturated rings. The van der Waals surface area contributed by atoms with Gasteiger partial charge in [-0.3, -0.25) is 9.78 Å². The molecule has 2 aromatic heterocycles. The minimum Gasteiger partial charge on any atom is -0.495 e. The molecule has 0 unspecified atom stereocenters. The van der Waals surface area contributed by atoms with E-state index in [4.69, 9.17) is 16.3 Å². The van der Waals surface area contributed by atoms with E-state index in [0.29, 0.717) is 28.8 Å². The van der Waals surface area contributed by atoms with Gasteiger partial charge in [0.05, 0.1) is 36.8 Å². The van der Waals surface area contributed by atoms with Gasteiger partial charge in [-0.15, -0.1) is 0 Å². The van der Waals surface area contributed by atoms with Gasteiger partial charge < -0.3 is 15.4 Å². The van der Waals surface area contributed by atoms with Gasteiger partial charge in [0.15, 0.2) is 0 Å². The molecule has 132 valence electrons. The summed E-state index contributed by atoms with van der Waals surface area (Å²) < 4.78 is 5.08. The second-order valence-corrected chi connectivity index (χ2v) is 5.67. The predicted molar refractivity (Wildman–Crippen MR) is 99.6 cm³/mol. The van der Waals surface area contributed by atoms with Crippen molar-refractivity contribution in [1.82, 2.24) is 15.0 Å². The average Bonchev–Trinajstić information content (AvgIpc) is 2.68. The van der Waals surface area contributed by atoms with E-state index in [1.807, 2.05) is 18.2 Å². The van der Waals surface area contributed by atoms with Crippen LogP contribution in [0.25, 0.3) is 0 Å². The molecule has 0 bridgehead atoms. The molecule has 3 aromatic rings. The summed E-state index contributed by atoms with van der Waals surface area (Å²) in [6.07, 6.45) is 4.63. The van der Waals surface area contributed by atoms with Gasteiger partial charge in [-0.25, -0.2) is 9.97 Å². The molecule has 8 heteroatoms. The fourth-order valence-corrected chi connectivity index (χ4v) is 2.42. The smallest absolute Gasteiger partial charge is 0.275 e. The molecule has 26 heavy (non-hydrogen) atoms. The van der Waals surface area contributed by atoms with E-state index in [1.165, 1.54) is 19.5 Å². The molecule has 1 aromatic carbocycles. The van der Waals surface area contributed by atoms with Crippen LogP contribution >= 0.6 is 11.6 Å². The lowest BCUT2D eigenvalue weighted by Crippen LogP contribution is -2.14. The van der Waals surface area contributed by atoms with Crippen LogP contribution in [0.15, 0.2) is 55.0 Å². The standard InChI is InChI=1S/C18H16ClN5O2/c1-26-16-6-5-12(8-14(16)19)24-18(25)15-10-23-17(11-21-15)22-9-13-4-2-3-7-20-13/h2-8,10-11H,9H2,1H3,(H,22,23)(H,24,25). The number of hydrogen-bond acceptors (Lipinski definition) is 6. The summed E-state index contributed by atoms with van der Waals surface area (Å²) in [6, 6.07) is 10.6. The summed E-state index contributed by atoms with van der Waals surface area (Å²) in [5.74, 6) is 0.711. The third-order valence-corrected chi connectivity index (χ3v) is 3.77. The topological polar surface area (TPSA) is 89.0 Å². The summed E-state index contributed by atoms with van der Waals surface area (Å²) >= 11 is 6.05. The van der Waals surface area contributed by atoms with E-state index in [2.05, 4.69) is 25.6 Å². The first-order valence-corrected chi connectivity index (χ1v) is 8.14. The number of benzene rings is 1. The second kappa shape index (κ2) is 8.26. The van der Waals surface area contributed by atoms with Crippen LogP contribution < -0.4 is 15.4 Å². The Morgan fingerprint density at radius 2 is 2.04 bits per heavy atom. The number of carbonyl (C=O) groups excluding carboxylic acids is 1. The van der Waals surface area contributed by atoms with Crippen molar-refractivity contribution in [3.63, 3.8) is 0 Å². The number of amides is 1. The highest BCUT2D eigenvalue weighted by Crippen LogP contribution is 2.27. The number of pyridine rings is 1. The summed E-state index contributed by atoms with van der Waals surface area (Å²) in [5, 5.41) is 6.22. The molecule has 0 saturated carbocycles. The maximum Gasteiger partial charge on any atom is 0.275 e. The quantitative estimate of drug-likeness (QED) is 0.692. The zero-order valence-electron chi connectivity index (χ0n) is 13.9. The van der Waals surface area contributed by atoms with Crippen LogP contribution in [-0.4, -0.2) is 28.0 Å². The van der Waals surface area contributed by atoms with Crippen molar-refractivity contribution in [2.75, 3.05) is 17.7 Å². The lowest BCUT2D eigenvalue weighted by Gasteiger charge is -2.08. The summed E-state index contributed by atoms with van der Waals surface area (Å²) in [4.78, 5) is 24.8. The average molecular weight is 370 g/mol. The van der Waals surface area contributed by atoms with Gasteiger partial charge in [-0.1, -0.05) is 17.7 Å². The fourth-order valence-electron chi connectivity index (χ4n) is 2.16. The number of nitrogens with zero attached hydrogens (tertiary/aromatic N) is 3. The molecule has 0 atom stereocenters. The number of halogens is 1. The third-order valence-electron chi connectivity index (χ3n) is 3.47. The van der Waals surface area contributed by atoms with Crippen LogP contribution in [0.4, 0.5) is 11.5 Å². The molecule has 0 radical (unpaired) electrons. The zero-order valence-corrected chi connectivity index (χ0v) is 14.7. The van der Waals surface area contributed by atoms with Crippen molar-refractivity contribution in [2.45, 2.75) is 6.54 Å². The summed E-state index contributed by atoms with van der Waals surface area (Å²) in [6.45, 7) is 0.519. The Hall–Kier alpha value is -3.19. The Bertz CT molecular complexity index is 888. The van der Waals surface area contributed by atoms with Crippen LogP contribution in [0.5, 0.6) is 5.75 Å². The van der Waals surface area contributed by atoms with Gasteiger partial charge in [0.1, 0.15) is 17.3 Å². The van der Waals surface area contributed by atoms with E-state index in [-0.39, 0.29) is 11.6 Å². The molecule has 0 aliphatic rings. The second-order valence-electron chi connectivity index (χ2n) is 5.26. The van der Waals surface area contributed by atoms with Crippen molar-refractivity contribution in [2.24, 2.45) is 0 Å². The number of aromatic nitrogens is 3. The number of methoxy groups -OCH3 is 1. The number of carbonyl (C=O) groups is 1. The Kier molecular flexibility index (Phi) is 5.60. The monoisotopic (exact) mass is 369 g/mol. The first kappa shape index (κ1) is 17.6. The first-order valence-electron chi connectivity index (χ1n) is 7.76. The normalized spacial score (nSPS) is 10.2. The summed E-state index contributed by atoms with van der Waals surface area (Å²) in [7, 11) is 1.53. The molecule has 0 spiro atoms. The Labute approximate surface area is 155 Å². The van der Waals surface area contributed by atoms with E-state index < -0.39 is 0 Å². The molecule has 1 amide bonds. The highest BCUT2D eigenvalue weighted by molar-refractivity contribution is 6.32. The predicted octanol–water partition coefficient (Wildman–Crippen LogP) is 3.40. The highest BCUT2D eigenvalue weighted by atomic mass is 35.5. The molecule has 3 rings (SSSR count). The van der Waals surface area contributed by atoms with E-state index in [0.717, 1.165) is 5.69 Å². The fraction of sp³-hybridized carbons (Fsp3) is 0.111. The maximum atomic E-state index is 12.3. The molecule has 0 saturated heterocycles. The Morgan fingerprint density at radius 3 is 2.69 bits per heavy atom. The maximum absolute atomic E-state index is 12.3. The molecular weight excluding hydrogens is 354 g/mol. The van der Waals surface area contributed by atoms with Gasteiger partial charge >= 0.3 is 0 Å². The van der Waals surface area contributed by atoms with Crippen LogP contribution in [0, 0.1) is 0 Å². The van der Waals surface area contributed by atoms with Crippen molar-refractivity contribution < 1.29 is 9.53 Å². The van der Waals surface area contributed by atoms with Gasteiger partial charge in [-0.2, -0.15) is 0 Å². The summed E-state index contributed by atoms with van der Waals surface area (Å²) in [5.41, 5.74) is 1.62. The largest absolute Gasteiger partial charge is 0.495 e. The molecule has 0 aliphatic heterocycles. The van der Waals surface area contributed by atoms with Gasteiger partial charge in [0.2, 0.25) is 0 Å². The van der Waals surface area contributed by atoms with Crippen molar-refractivity contribution in [1.29, 1.82) is 0 Å². The Morgan fingerprint density at radius 1 is 1.15 bits per heavy atom. The SMILES string of the molecule is COc1ccc(NC(=O)c2cnc(NCc3ccccn3)cn2)cc1Cl. The van der Waals surface area contributed by atoms with Gasteiger partial charge in [-0.05, 0) is 30.3 Å². The van der Waals surface area contributed by atoms with Crippen LogP contribution in [0.3, 0.4) is 0 Å². The van der Waals surface area contributed by atoms with Crippen molar-refractivity contribution >= 4 is 29.0 Å². The number of rotatable bonds is 6. The lowest BCUT2D eigenvalue weighted by molar-refractivity contribution is 0.102. The first-order chi connectivity index (χ1) is 12.7. The number of anilines is 2. The number of hydrogen-bond donors (Lipinski definition) is 2. The zero-order chi connectivity index (χ0) is 18.4. The molecule has 2 N–H and O–H groups in total. The van der Waals surface area contributed by atoms with Crippen molar-refractivity contribution in [3.8, 4) is 5.75 Å². The lowest BCUT2D eigenvalue weighted by atomic mass is 10.3. The molecule has 2 heterocycles. The number of ether oxygens (including phenoxy) is 1. The third kappa shape index (κ3) is 4.46. The minimum atomic E-state index is -0.380. The highest BCUT2D eigenvalue weighted by Gasteiger charge is 2.10. The number of nitrogens with one attached hydrogen (secondary N) is 2. The Balaban J connectivity index is 1.60. The molecule has 0 aliphatic carbocycles. The van der Waals surface area contributed by atoms with Gasteiger partial charge in [0.25, 0.3) is 5.91 Å².